The highest BCUT2D eigenvalue weighted by Gasteiger charge is 2.35. The Bertz CT molecular complexity index is 965. The molecule has 0 radical (unpaired) electrons. The molecular weight excluding hydrogens is 376 g/mol. The zero-order chi connectivity index (χ0) is 21.7. The smallest absolute Gasteiger partial charge is 0.257 e. The minimum atomic E-state index is -0.780. The molecule has 1 aliphatic heterocycles. The molecular formula is C24H30N4O2. The van der Waals surface area contributed by atoms with E-state index in [2.05, 4.69) is 16.7 Å². The van der Waals surface area contributed by atoms with Crippen molar-refractivity contribution in [2.45, 2.75) is 38.7 Å². The molecule has 30 heavy (non-hydrogen) atoms. The van der Waals surface area contributed by atoms with Crippen LogP contribution < -0.4 is 0 Å². The second-order valence-electron chi connectivity index (χ2n) is 8.00. The quantitative estimate of drug-likeness (QED) is 0.740. The molecule has 1 aliphatic rings. The Kier molecular flexibility index (Phi) is 6.67. The normalized spacial score (nSPS) is 16.8. The van der Waals surface area contributed by atoms with E-state index >= 15 is 0 Å². The number of carbonyl (C=O) groups excluding carboxylic acids is 1. The average Bonchev–Trinajstić information content (AvgIpc) is 3.03. The number of hydrogen-bond acceptors (Lipinski definition) is 4. The van der Waals surface area contributed by atoms with Gasteiger partial charge in [0.05, 0.1) is 11.2 Å². The molecule has 1 fully saturated rings. The Hall–Kier alpha value is -2.99. The molecule has 2 aromatic heterocycles. The van der Waals surface area contributed by atoms with E-state index < -0.39 is 5.60 Å². The summed E-state index contributed by atoms with van der Waals surface area (Å²) in [5.41, 5.74) is 3.34. The molecule has 1 N–H and O–H groups in total. The lowest BCUT2D eigenvalue weighted by Gasteiger charge is -2.38. The highest BCUT2D eigenvalue weighted by atomic mass is 16.3. The van der Waals surface area contributed by atoms with Crippen LogP contribution >= 0.6 is 0 Å². The second-order valence-corrected chi connectivity index (χ2v) is 8.00. The number of rotatable bonds is 6. The number of pyridine rings is 1. The number of nitrogens with zero attached hydrogens (tertiary/aromatic N) is 4. The summed E-state index contributed by atoms with van der Waals surface area (Å²) in [6.45, 7) is 8.63. The summed E-state index contributed by atoms with van der Waals surface area (Å²) >= 11 is 0. The summed E-state index contributed by atoms with van der Waals surface area (Å²) in [6, 6.07) is 3.73. The van der Waals surface area contributed by atoms with E-state index in [0.717, 1.165) is 16.8 Å². The van der Waals surface area contributed by atoms with Crippen molar-refractivity contribution >= 4 is 5.91 Å². The number of carbonyl (C=O) groups is 1. The van der Waals surface area contributed by atoms with Crippen LogP contribution in [-0.4, -0.2) is 49.4 Å². The monoisotopic (exact) mass is 406 g/mol. The lowest BCUT2D eigenvalue weighted by molar-refractivity contribution is -0.0161. The van der Waals surface area contributed by atoms with E-state index in [9.17, 15) is 9.90 Å². The minimum Gasteiger partial charge on any atom is -0.389 e. The lowest BCUT2D eigenvalue weighted by Crippen LogP contribution is -2.47. The van der Waals surface area contributed by atoms with Crippen molar-refractivity contribution in [2.75, 3.05) is 13.1 Å². The molecule has 158 valence electrons. The third-order valence-electron chi connectivity index (χ3n) is 5.72. The standard InChI is InChI=1S/C24H30N4O2/c1-5-6-7-8-18(2)17-24(30)11-15-28(16-12-24)23(29)21-19(3)27(4)26-22(21)20-9-13-25-14-10-20/h5-10,13-14,30H,1,11-12,15-17H2,2-4H3/b7-6-,18-8+. The summed E-state index contributed by atoms with van der Waals surface area (Å²) in [6.07, 6.45) is 12.6. The van der Waals surface area contributed by atoms with Gasteiger partial charge in [-0.25, -0.2) is 0 Å². The molecule has 0 saturated carbocycles. The molecule has 1 saturated heterocycles. The van der Waals surface area contributed by atoms with Gasteiger partial charge in [0.1, 0.15) is 5.69 Å². The number of aryl methyl sites for hydroxylation is 1. The molecule has 1 amide bonds. The molecule has 0 spiro atoms. The van der Waals surface area contributed by atoms with Gasteiger partial charge < -0.3 is 10.0 Å². The number of allylic oxidation sites excluding steroid dienone is 4. The number of hydrogen-bond donors (Lipinski definition) is 1. The molecule has 6 nitrogen and oxygen atoms in total. The van der Waals surface area contributed by atoms with Crippen molar-refractivity contribution in [1.29, 1.82) is 0 Å². The van der Waals surface area contributed by atoms with Crippen LogP contribution in [0.3, 0.4) is 0 Å². The SMILES string of the molecule is C=C/C=C\C=C(/C)CC1(O)CCN(C(=O)c2c(-c3ccncc3)nn(C)c2C)CC1. The van der Waals surface area contributed by atoms with Gasteiger partial charge >= 0.3 is 0 Å². The van der Waals surface area contributed by atoms with Gasteiger partial charge in [-0.15, -0.1) is 0 Å². The van der Waals surface area contributed by atoms with E-state index in [1.54, 1.807) is 23.2 Å². The maximum atomic E-state index is 13.4. The number of likely N-dealkylation sites (tertiary alicyclic amines) is 1. The van der Waals surface area contributed by atoms with Crippen molar-refractivity contribution in [3.8, 4) is 11.3 Å². The highest BCUT2D eigenvalue weighted by molar-refractivity contribution is 6.01. The summed E-state index contributed by atoms with van der Waals surface area (Å²) < 4.78 is 1.74. The zero-order valence-corrected chi connectivity index (χ0v) is 18.0. The first-order valence-corrected chi connectivity index (χ1v) is 10.2. The molecule has 0 unspecified atom stereocenters. The fourth-order valence-electron chi connectivity index (χ4n) is 3.91. The summed E-state index contributed by atoms with van der Waals surface area (Å²) in [5, 5.41) is 15.6. The van der Waals surface area contributed by atoms with Crippen LogP contribution in [0, 0.1) is 6.92 Å². The van der Waals surface area contributed by atoms with Gasteiger partial charge in [0, 0.05) is 43.8 Å². The van der Waals surface area contributed by atoms with Gasteiger partial charge in [0.2, 0.25) is 0 Å². The van der Waals surface area contributed by atoms with Gasteiger partial charge in [0.15, 0.2) is 0 Å². The van der Waals surface area contributed by atoms with E-state index in [1.165, 1.54) is 0 Å². The van der Waals surface area contributed by atoms with Crippen molar-refractivity contribution in [3.63, 3.8) is 0 Å². The van der Waals surface area contributed by atoms with Crippen LogP contribution in [-0.2, 0) is 7.05 Å². The van der Waals surface area contributed by atoms with Crippen molar-refractivity contribution in [3.05, 3.63) is 72.2 Å². The molecule has 2 aromatic rings. The van der Waals surface area contributed by atoms with E-state index in [4.69, 9.17) is 0 Å². The fourth-order valence-corrected chi connectivity index (χ4v) is 3.91. The highest BCUT2D eigenvalue weighted by Crippen LogP contribution is 2.31. The number of amides is 1. The van der Waals surface area contributed by atoms with Crippen LogP contribution in [0.5, 0.6) is 0 Å². The first-order valence-electron chi connectivity index (χ1n) is 10.2. The first-order chi connectivity index (χ1) is 14.3. The maximum Gasteiger partial charge on any atom is 0.257 e. The van der Waals surface area contributed by atoms with E-state index in [-0.39, 0.29) is 5.91 Å². The fraction of sp³-hybridized carbons (Fsp3) is 0.375. The maximum absolute atomic E-state index is 13.4. The molecule has 3 heterocycles. The van der Waals surface area contributed by atoms with Gasteiger partial charge in [-0.1, -0.05) is 36.5 Å². The largest absolute Gasteiger partial charge is 0.389 e. The van der Waals surface area contributed by atoms with Gasteiger partial charge in [-0.2, -0.15) is 5.10 Å². The van der Waals surface area contributed by atoms with Crippen LogP contribution in [0.2, 0.25) is 0 Å². The van der Waals surface area contributed by atoms with Crippen LogP contribution in [0.25, 0.3) is 11.3 Å². The van der Waals surface area contributed by atoms with Crippen molar-refractivity contribution < 1.29 is 9.90 Å². The number of aromatic nitrogens is 3. The van der Waals surface area contributed by atoms with Crippen LogP contribution in [0.15, 0.2) is 61.0 Å². The third-order valence-corrected chi connectivity index (χ3v) is 5.72. The Labute approximate surface area is 178 Å². The first kappa shape index (κ1) is 21.7. The summed E-state index contributed by atoms with van der Waals surface area (Å²) in [7, 11) is 1.85. The Morgan fingerprint density at radius 3 is 2.57 bits per heavy atom. The predicted octanol–water partition coefficient (Wildman–Crippen LogP) is 3.84. The minimum absolute atomic E-state index is 0.0318. The second kappa shape index (κ2) is 9.22. The zero-order valence-electron chi connectivity index (χ0n) is 18.0. The van der Waals surface area contributed by atoms with Crippen LogP contribution in [0.4, 0.5) is 0 Å². The van der Waals surface area contributed by atoms with Crippen molar-refractivity contribution in [2.24, 2.45) is 7.05 Å². The Morgan fingerprint density at radius 2 is 1.93 bits per heavy atom. The Balaban J connectivity index is 1.74. The molecule has 0 bridgehead atoms. The van der Waals surface area contributed by atoms with Gasteiger partial charge in [-0.3, -0.25) is 14.5 Å². The average molecular weight is 407 g/mol. The molecule has 3 rings (SSSR count). The molecule has 0 aliphatic carbocycles. The van der Waals surface area contributed by atoms with E-state index in [1.807, 2.05) is 56.2 Å². The third kappa shape index (κ3) is 4.76. The summed E-state index contributed by atoms with van der Waals surface area (Å²) in [5.74, 6) is -0.0318. The lowest BCUT2D eigenvalue weighted by atomic mass is 9.85. The van der Waals surface area contributed by atoms with E-state index in [0.29, 0.717) is 43.6 Å². The topological polar surface area (TPSA) is 71.2 Å². The van der Waals surface area contributed by atoms with Gasteiger partial charge in [0.25, 0.3) is 5.91 Å². The molecule has 0 aromatic carbocycles. The number of piperidine rings is 1. The van der Waals surface area contributed by atoms with Crippen LogP contribution in [0.1, 0.15) is 42.2 Å². The predicted molar refractivity (Wildman–Crippen MR) is 119 cm³/mol. The molecule has 0 atom stereocenters. The molecule has 6 heteroatoms. The number of aliphatic hydroxyl groups is 1. The van der Waals surface area contributed by atoms with Crippen molar-refractivity contribution in [1.82, 2.24) is 19.7 Å². The van der Waals surface area contributed by atoms with Gasteiger partial charge in [-0.05, 0) is 45.2 Å². The Morgan fingerprint density at radius 1 is 1.27 bits per heavy atom. The summed E-state index contributed by atoms with van der Waals surface area (Å²) in [4.78, 5) is 19.3.